The van der Waals surface area contributed by atoms with Crippen LogP contribution in [0.15, 0.2) is 18.5 Å². The summed E-state index contributed by atoms with van der Waals surface area (Å²) in [5.74, 6) is 2.30. The lowest BCUT2D eigenvalue weighted by Gasteiger charge is -2.18. The van der Waals surface area contributed by atoms with Gasteiger partial charge in [-0.05, 0) is 24.7 Å². The number of nitrogens with one attached hydrogen (secondary N) is 2. The zero-order valence-electron chi connectivity index (χ0n) is 7.27. The van der Waals surface area contributed by atoms with Crippen molar-refractivity contribution < 1.29 is 0 Å². The van der Waals surface area contributed by atoms with E-state index in [1.165, 1.54) is 19.2 Å². The second kappa shape index (κ2) is 2.58. The van der Waals surface area contributed by atoms with Crippen molar-refractivity contribution in [2.45, 2.75) is 18.9 Å². The van der Waals surface area contributed by atoms with E-state index >= 15 is 0 Å². The Hall–Kier alpha value is -1.32. The van der Waals surface area contributed by atoms with Crippen LogP contribution in [0, 0.1) is 11.8 Å². The van der Waals surface area contributed by atoms with E-state index in [1.807, 2.05) is 0 Å². The summed E-state index contributed by atoms with van der Waals surface area (Å²) in [5.41, 5.74) is 0. The molecule has 2 aliphatic rings. The van der Waals surface area contributed by atoms with E-state index in [0.29, 0.717) is 12.0 Å². The topological polar surface area (TPSA) is 53.6 Å². The molecule has 1 aromatic heterocycles. The van der Waals surface area contributed by atoms with E-state index in [2.05, 4.69) is 32.7 Å². The number of allylic oxidation sites excluding steroid dienone is 1. The van der Waals surface area contributed by atoms with Crippen LogP contribution >= 0.6 is 0 Å². The Balaban J connectivity index is 1.72. The molecule has 2 bridgehead atoms. The van der Waals surface area contributed by atoms with Crippen LogP contribution in [-0.2, 0) is 0 Å². The van der Waals surface area contributed by atoms with Gasteiger partial charge >= 0.3 is 0 Å². The molecule has 0 amide bonds. The van der Waals surface area contributed by atoms with E-state index in [9.17, 15) is 0 Å². The number of hydrogen-bond donors (Lipinski definition) is 2. The first-order chi connectivity index (χ1) is 6.42. The maximum Gasteiger partial charge on any atom is 0.218 e. The summed E-state index contributed by atoms with van der Waals surface area (Å²) in [4.78, 5) is 4.06. The molecule has 1 fully saturated rings. The molecule has 3 rings (SSSR count). The molecule has 0 aliphatic heterocycles. The van der Waals surface area contributed by atoms with Gasteiger partial charge in [-0.2, -0.15) is 5.10 Å². The summed E-state index contributed by atoms with van der Waals surface area (Å²) >= 11 is 0. The molecule has 2 N–H and O–H groups in total. The molecule has 1 heterocycles. The van der Waals surface area contributed by atoms with Gasteiger partial charge in [-0.15, -0.1) is 0 Å². The van der Waals surface area contributed by atoms with Gasteiger partial charge in [0.25, 0.3) is 0 Å². The Morgan fingerprint density at radius 1 is 1.38 bits per heavy atom. The zero-order chi connectivity index (χ0) is 8.67. The number of aromatic amines is 1. The smallest absolute Gasteiger partial charge is 0.218 e. The number of H-pyrrole nitrogens is 1. The minimum Gasteiger partial charge on any atom is -0.351 e. The third-order valence-electron chi connectivity index (χ3n) is 3.02. The number of fused-ring (bicyclic) bond motifs is 2. The number of hydrogen-bond acceptors (Lipinski definition) is 3. The van der Waals surface area contributed by atoms with Crippen molar-refractivity contribution in [1.29, 1.82) is 0 Å². The first-order valence-corrected chi connectivity index (χ1v) is 4.72. The number of nitrogens with zero attached hydrogens (tertiary/aromatic N) is 2. The number of anilines is 1. The molecule has 68 valence electrons. The third-order valence-corrected chi connectivity index (χ3v) is 3.02. The average Bonchev–Trinajstić information content (AvgIpc) is 2.77. The molecule has 4 nitrogen and oxygen atoms in total. The summed E-state index contributed by atoms with van der Waals surface area (Å²) in [6.07, 6.45) is 8.74. The lowest BCUT2D eigenvalue weighted by Crippen LogP contribution is -2.24. The summed E-state index contributed by atoms with van der Waals surface area (Å²) in [5, 5.41) is 10.0. The molecule has 0 spiro atoms. The van der Waals surface area contributed by atoms with Gasteiger partial charge < -0.3 is 5.32 Å². The fourth-order valence-electron chi connectivity index (χ4n) is 2.40. The first kappa shape index (κ1) is 7.12. The molecule has 1 aromatic rings. The van der Waals surface area contributed by atoms with E-state index < -0.39 is 0 Å². The van der Waals surface area contributed by atoms with E-state index in [4.69, 9.17) is 0 Å². The van der Waals surface area contributed by atoms with Gasteiger partial charge in [0.05, 0.1) is 0 Å². The molecule has 0 aromatic carbocycles. The Kier molecular flexibility index (Phi) is 1.41. The van der Waals surface area contributed by atoms with Crippen LogP contribution in [0.5, 0.6) is 0 Å². The standard InChI is InChI=1S/C9H12N4/c1-2-7-3-6(1)4-8(7)12-9-10-5-11-13-9/h1-2,5-8H,3-4H2,(H2,10,11,12,13). The summed E-state index contributed by atoms with van der Waals surface area (Å²) in [6.45, 7) is 0. The van der Waals surface area contributed by atoms with Gasteiger partial charge in [-0.1, -0.05) is 12.2 Å². The van der Waals surface area contributed by atoms with Gasteiger partial charge in [0.1, 0.15) is 6.33 Å². The molecule has 0 saturated heterocycles. The van der Waals surface area contributed by atoms with Crippen LogP contribution < -0.4 is 5.32 Å². The van der Waals surface area contributed by atoms with E-state index in [-0.39, 0.29) is 0 Å². The van der Waals surface area contributed by atoms with Crippen molar-refractivity contribution in [2.24, 2.45) is 11.8 Å². The Morgan fingerprint density at radius 2 is 2.38 bits per heavy atom. The molecule has 13 heavy (non-hydrogen) atoms. The van der Waals surface area contributed by atoms with Crippen LogP contribution in [-0.4, -0.2) is 21.2 Å². The molecule has 2 aliphatic carbocycles. The molecule has 3 atom stereocenters. The molecule has 4 heteroatoms. The minimum atomic E-state index is 0.558. The summed E-state index contributed by atoms with van der Waals surface area (Å²) < 4.78 is 0. The second-order valence-corrected chi connectivity index (χ2v) is 3.87. The minimum absolute atomic E-state index is 0.558. The van der Waals surface area contributed by atoms with Crippen molar-refractivity contribution in [2.75, 3.05) is 5.32 Å². The van der Waals surface area contributed by atoms with Crippen molar-refractivity contribution >= 4 is 5.95 Å². The summed E-state index contributed by atoms with van der Waals surface area (Å²) in [7, 11) is 0. The van der Waals surface area contributed by atoms with Crippen LogP contribution in [0.4, 0.5) is 5.95 Å². The normalized spacial score (nSPS) is 35.5. The highest BCUT2D eigenvalue weighted by Gasteiger charge is 2.35. The highest BCUT2D eigenvalue weighted by Crippen LogP contribution is 2.39. The quantitative estimate of drug-likeness (QED) is 0.665. The molecule has 3 unspecified atom stereocenters. The Bertz CT molecular complexity index is 316. The van der Waals surface area contributed by atoms with Crippen LogP contribution in [0.1, 0.15) is 12.8 Å². The fourth-order valence-corrected chi connectivity index (χ4v) is 2.40. The van der Waals surface area contributed by atoms with Gasteiger partial charge in [0, 0.05) is 6.04 Å². The predicted octanol–water partition coefficient (Wildman–Crippen LogP) is 1.18. The van der Waals surface area contributed by atoms with Crippen LogP contribution in [0.2, 0.25) is 0 Å². The lowest BCUT2D eigenvalue weighted by molar-refractivity contribution is 0.610. The van der Waals surface area contributed by atoms with Crippen molar-refractivity contribution in [3.05, 3.63) is 18.5 Å². The van der Waals surface area contributed by atoms with Crippen LogP contribution in [0.3, 0.4) is 0 Å². The van der Waals surface area contributed by atoms with Crippen molar-refractivity contribution in [3.8, 4) is 0 Å². The SMILES string of the molecule is C1=CC2CC1CC2Nc1ncn[nH]1. The lowest BCUT2D eigenvalue weighted by atomic mass is 10.0. The predicted molar refractivity (Wildman–Crippen MR) is 49.1 cm³/mol. The highest BCUT2D eigenvalue weighted by molar-refractivity contribution is 5.28. The largest absolute Gasteiger partial charge is 0.351 e. The molecule has 1 saturated carbocycles. The van der Waals surface area contributed by atoms with Gasteiger partial charge in [-0.25, -0.2) is 10.1 Å². The van der Waals surface area contributed by atoms with Crippen LogP contribution in [0.25, 0.3) is 0 Å². The van der Waals surface area contributed by atoms with Crippen molar-refractivity contribution in [3.63, 3.8) is 0 Å². The maximum absolute atomic E-state index is 4.06. The Labute approximate surface area is 76.5 Å². The number of rotatable bonds is 2. The van der Waals surface area contributed by atoms with E-state index in [1.54, 1.807) is 0 Å². The molecular weight excluding hydrogens is 164 g/mol. The van der Waals surface area contributed by atoms with Crippen molar-refractivity contribution in [1.82, 2.24) is 15.2 Å². The average molecular weight is 176 g/mol. The Morgan fingerprint density at radius 3 is 3.00 bits per heavy atom. The second-order valence-electron chi connectivity index (χ2n) is 3.87. The zero-order valence-corrected chi connectivity index (χ0v) is 7.27. The fraction of sp³-hybridized carbons (Fsp3) is 0.556. The van der Waals surface area contributed by atoms with E-state index in [0.717, 1.165) is 11.9 Å². The molecule has 0 radical (unpaired) electrons. The monoisotopic (exact) mass is 176 g/mol. The highest BCUT2D eigenvalue weighted by atomic mass is 15.3. The van der Waals surface area contributed by atoms with Gasteiger partial charge in [-0.3, -0.25) is 0 Å². The first-order valence-electron chi connectivity index (χ1n) is 4.72. The van der Waals surface area contributed by atoms with Gasteiger partial charge in [0.15, 0.2) is 0 Å². The molecular formula is C9H12N4. The maximum atomic E-state index is 4.06. The number of aromatic nitrogens is 3. The summed E-state index contributed by atoms with van der Waals surface area (Å²) in [6, 6.07) is 0.558. The van der Waals surface area contributed by atoms with Gasteiger partial charge in [0.2, 0.25) is 5.95 Å². The third kappa shape index (κ3) is 1.13.